The van der Waals surface area contributed by atoms with Crippen molar-refractivity contribution in [1.29, 1.82) is 0 Å². The summed E-state index contributed by atoms with van der Waals surface area (Å²) in [6.45, 7) is 4.59. The molecule has 0 rings (SSSR count). The van der Waals surface area contributed by atoms with E-state index in [2.05, 4.69) is 13.8 Å². The molecule has 0 saturated heterocycles. The van der Waals surface area contributed by atoms with E-state index in [0.717, 1.165) is 25.7 Å². The zero-order chi connectivity index (χ0) is 30.8. The Morgan fingerprint density at radius 2 is 0.690 bits per heavy atom. The number of carbonyl (C=O) groups is 2. The molecular weight excluding hydrogens is 518 g/mol. The van der Waals surface area contributed by atoms with Gasteiger partial charge in [-0.3, -0.25) is 9.59 Å². The second kappa shape index (κ2) is 34.6. The normalized spacial score (nSPS) is 12.1. The average molecular weight is 594 g/mol. The lowest BCUT2D eigenvalue weighted by molar-refractivity contribution is -0.145. The van der Waals surface area contributed by atoms with E-state index in [0.29, 0.717) is 12.8 Å². The fourth-order valence-corrected chi connectivity index (χ4v) is 5.84. The Balaban J connectivity index is 3.39. The Labute approximate surface area is 263 Å². The van der Waals surface area contributed by atoms with E-state index >= 15 is 0 Å². The molecule has 0 fully saturated rings. The number of unbranched alkanes of at least 4 members (excludes halogenated alkanes) is 28. The highest BCUT2D eigenvalue weighted by Crippen LogP contribution is 2.15. The zero-order valence-corrected chi connectivity index (χ0v) is 28.7. The Morgan fingerprint density at radius 3 is 1.00 bits per heavy atom. The van der Waals surface area contributed by atoms with Crippen molar-refractivity contribution in [2.75, 3.05) is 6.61 Å². The molecule has 0 aromatic heterocycles. The first kappa shape index (κ1) is 41.1. The van der Waals surface area contributed by atoms with Gasteiger partial charge in [-0.15, -0.1) is 0 Å². The summed E-state index contributed by atoms with van der Waals surface area (Å²) in [5, 5.41) is 0. The predicted molar refractivity (Wildman–Crippen MR) is 183 cm³/mol. The number of rotatable bonds is 35. The Morgan fingerprint density at radius 1 is 0.429 bits per heavy atom. The third-order valence-electron chi connectivity index (χ3n) is 8.85. The van der Waals surface area contributed by atoms with Crippen LogP contribution in [0.4, 0.5) is 0 Å². The van der Waals surface area contributed by atoms with Gasteiger partial charge >= 0.3 is 5.97 Å². The highest BCUT2D eigenvalue weighted by molar-refractivity contribution is 5.84. The van der Waals surface area contributed by atoms with Crippen LogP contribution < -0.4 is 5.73 Å². The molecule has 1 atom stereocenters. The summed E-state index contributed by atoms with van der Waals surface area (Å²) in [5.74, 6) is -0.176. The van der Waals surface area contributed by atoms with Crippen LogP contribution in [0.3, 0.4) is 0 Å². The standard InChI is InChI=1S/C38H75NO3/c1-3-5-7-9-11-13-15-17-19-21-23-25-27-29-31-33-37(40)36(39)35-42-38(41)34-32-30-28-26-24-22-20-18-16-14-12-10-8-6-4-2/h36H,3-35,39H2,1-2H3. The third-order valence-corrected chi connectivity index (χ3v) is 8.85. The molecule has 0 aliphatic carbocycles. The number of Topliss-reactive ketones (excluding diaryl/α,β-unsaturated/α-hetero) is 1. The van der Waals surface area contributed by atoms with Crippen molar-refractivity contribution in [2.24, 2.45) is 5.73 Å². The molecule has 0 spiro atoms. The second-order valence-electron chi connectivity index (χ2n) is 13.2. The molecule has 1 unspecified atom stereocenters. The summed E-state index contributed by atoms with van der Waals surface area (Å²) in [7, 11) is 0. The van der Waals surface area contributed by atoms with Crippen LogP contribution in [-0.4, -0.2) is 24.4 Å². The minimum atomic E-state index is -0.665. The van der Waals surface area contributed by atoms with Crippen LogP contribution in [0.1, 0.15) is 219 Å². The molecule has 4 heteroatoms. The summed E-state index contributed by atoms with van der Waals surface area (Å²) in [4.78, 5) is 24.3. The van der Waals surface area contributed by atoms with E-state index in [-0.39, 0.29) is 18.4 Å². The van der Waals surface area contributed by atoms with Crippen molar-refractivity contribution < 1.29 is 14.3 Å². The number of hydrogen-bond donors (Lipinski definition) is 1. The maximum Gasteiger partial charge on any atom is 0.305 e. The van der Waals surface area contributed by atoms with Crippen molar-refractivity contribution in [2.45, 2.75) is 225 Å². The third kappa shape index (κ3) is 32.0. The fraction of sp³-hybridized carbons (Fsp3) is 0.947. The molecule has 250 valence electrons. The van der Waals surface area contributed by atoms with Gasteiger partial charge in [-0.05, 0) is 12.8 Å². The van der Waals surface area contributed by atoms with Crippen LogP contribution in [0.5, 0.6) is 0 Å². The SMILES string of the molecule is CCCCCCCCCCCCCCCCCC(=O)OCC(N)C(=O)CCCCCCCCCCCCCCCCC. The van der Waals surface area contributed by atoms with Crippen molar-refractivity contribution in [3.63, 3.8) is 0 Å². The average Bonchev–Trinajstić information content (AvgIpc) is 2.99. The maximum absolute atomic E-state index is 12.3. The van der Waals surface area contributed by atoms with Gasteiger partial charge in [0, 0.05) is 12.8 Å². The van der Waals surface area contributed by atoms with Gasteiger partial charge in [0.2, 0.25) is 0 Å². The number of nitrogens with two attached hydrogens (primary N) is 1. The van der Waals surface area contributed by atoms with E-state index in [9.17, 15) is 9.59 Å². The van der Waals surface area contributed by atoms with Gasteiger partial charge < -0.3 is 10.5 Å². The van der Waals surface area contributed by atoms with Gasteiger partial charge in [0.15, 0.2) is 5.78 Å². The predicted octanol–water partition coefficient (Wildman–Crippen LogP) is 11.9. The quantitative estimate of drug-likeness (QED) is 0.0586. The molecule has 0 bridgehead atoms. The number of ketones is 1. The molecule has 0 aromatic rings. The monoisotopic (exact) mass is 594 g/mol. The van der Waals surface area contributed by atoms with Crippen LogP contribution in [0, 0.1) is 0 Å². The molecule has 2 N–H and O–H groups in total. The van der Waals surface area contributed by atoms with Gasteiger partial charge in [0.1, 0.15) is 6.61 Å². The van der Waals surface area contributed by atoms with Crippen LogP contribution in [0.15, 0.2) is 0 Å². The van der Waals surface area contributed by atoms with Crippen molar-refractivity contribution >= 4 is 11.8 Å². The van der Waals surface area contributed by atoms with Gasteiger partial charge in [0.05, 0.1) is 6.04 Å². The Hall–Kier alpha value is -0.900. The lowest BCUT2D eigenvalue weighted by atomic mass is 10.0. The van der Waals surface area contributed by atoms with Crippen LogP contribution in [-0.2, 0) is 14.3 Å². The molecule has 0 amide bonds. The smallest absolute Gasteiger partial charge is 0.305 e. The summed E-state index contributed by atoms with van der Waals surface area (Å²) in [6.07, 6.45) is 40.3. The van der Waals surface area contributed by atoms with Crippen LogP contribution in [0.2, 0.25) is 0 Å². The highest BCUT2D eigenvalue weighted by atomic mass is 16.5. The van der Waals surface area contributed by atoms with Crippen LogP contribution in [0.25, 0.3) is 0 Å². The summed E-state index contributed by atoms with van der Waals surface area (Å²) in [6, 6.07) is -0.665. The van der Waals surface area contributed by atoms with Gasteiger partial charge in [-0.25, -0.2) is 0 Å². The first-order valence-corrected chi connectivity index (χ1v) is 19.1. The molecule has 0 aliphatic heterocycles. The minimum absolute atomic E-state index is 0.0319. The summed E-state index contributed by atoms with van der Waals surface area (Å²) in [5.41, 5.74) is 5.99. The van der Waals surface area contributed by atoms with E-state index in [1.54, 1.807) is 0 Å². The topological polar surface area (TPSA) is 69.4 Å². The lowest BCUT2D eigenvalue weighted by Crippen LogP contribution is -2.36. The number of ether oxygens (including phenoxy) is 1. The van der Waals surface area contributed by atoms with E-state index in [4.69, 9.17) is 10.5 Å². The number of esters is 1. The van der Waals surface area contributed by atoms with E-state index in [1.807, 2.05) is 0 Å². The fourth-order valence-electron chi connectivity index (χ4n) is 5.84. The van der Waals surface area contributed by atoms with E-state index in [1.165, 1.54) is 167 Å². The summed E-state index contributed by atoms with van der Waals surface area (Å²) < 4.78 is 5.29. The van der Waals surface area contributed by atoms with E-state index < -0.39 is 6.04 Å². The number of hydrogen-bond acceptors (Lipinski definition) is 4. The molecule has 0 aromatic carbocycles. The molecule has 0 radical (unpaired) electrons. The molecule has 0 heterocycles. The molecule has 0 saturated carbocycles. The maximum atomic E-state index is 12.3. The molecule has 0 aliphatic rings. The van der Waals surface area contributed by atoms with Gasteiger partial charge in [-0.1, -0.05) is 194 Å². The summed E-state index contributed by atoms with van der Waals surface area (Å²) >= 11 is 0. The second-order valence-corrected chi connectivity index (χ2v) is 13.2. The molecular formula is C38H75NO3. The minimum Gasteiger partial charge on any atom is -0.464 e. The first-order chi connectivity index (χ1) is 20.6. The number of carbonyl (C=O) groups excluding carboxylic acids is 2. The van der Waals surface area contributed by atoms with Gasteiger partial charge in [-0.2, -0.15) is 0 Å². The van der Waals surface area contributed by atoms with Crippen molar-refractivity contribution in [3.05, 3.63) is 0 Å². The molecule has 42 heavy (non-hydrogen) atoms. The van der Waals surface area contributed by atoms with Crippen molar-refractivity contribution in [1.82, 2.24) is 0 Å². The lowest BCUT2D eigenvalue weighted by Gasteiger charge is -2.11. The first-order valence-electron chi connectivity index (χ1n) is 19.1. The largest absolute Gasteiger partial charge is 0.464 e. The Kier molecular flexibility index (Phi) is 33.8. The zero-order valence-electron chi connectivity index (χ0n) is 28.7. The highest BCUT2D eigenvalue weighted by Gasteiger charge is 2.15. The van der Waals surface area contributed by atoms with Crippen LogP contribution >= 0.6 is 0 Å². The van der Waals surface area contributed by atoms with Crippen molar-refractivity contribution in [3.8, 4) is 0 Å². The Bertz CT molecular complexity index is 565. The van der Waals surface area contributed by atoms with Gasteiger partial charge in [0.25, 0.3) is 0 Å². The molecule has 4 nitrogen and oxygen atoms in total.